The van der Waals surface area contributed by atoms with Crippen molar-refractivity contribution in [1.29, 1.82) is 0 Å². The molecule has 1 aromatic carbocycles. The monoisotopic (exact) mass is 438 g/mol. The van der Waals surface area contributed by atoms with E-state index in [1.165, 1.54) is 0 Å². The Balaban J connectivity index is 2.14. The molecule has 30 heavy (non-hydrogen) atoms. The van der Waals surface area contributed by atoms with E-state index in [-0.39, 0.29) is 22.4 Å². The fraction of sp³-hybridized carbons (Fsp3) is 0.522. The molecule has 0 bridgehead atoms. The number of hydrogen-bond acceptors (Lipinski definition) is 4. The third kappa shape index (κ3) is 4.41. The molecule has 1 aliphatic rings. The Morgan fingerprint density at radius 2 is 1.40 bits per heavy atom. The van der Waals surface area contributed by atoms with Crippen molar-refractivity contribution in [3.05, 3.63) is 40.8 Å². The lowest BCUT2D eigenvalue weighted by Crippen LogP contribution is -2.22. The number of phenolic OH excluding ortho intramolecular Hbond substituents is 1. The van der Waals surface area contributed by atoms with E-state index in [9.17, 15) is 13.9 Å². The van der Waals surface area contributed by atoms with Crippen LogP contribution in [0.2, 0.25) is 0 Å². The molecule has 2 heterocycles. The van der Waals surface area contributed by atoms with Gasteiger partial charge in [0.15, 0.2) is 17.5 Å². The first-order valence-corrected chi connectivity index (χ1v) is 11.0. The van der Waals surface area contributed by atoms with Crippen LogP contribution in [0.5, 0.6) is 5.75 Å². The smallest absolute Gasteiger partial charge is 0.252 e. The maximum atomic E-state index is 15.2. The Labute approximate surface area is 180 Å². The summed E-state index contributed by atoms with van der Waals surface area (Å²) in [5.74, 6) is -3.39. The van der Waals surface area contributed by atoms with Crippen molar-refractivity contribution >= 4 is 17.6 Å². The Morgan fingerprint density at radius 1 is 0.900 bits per heavy atom. The molecule has 0 spiro atoms. The van der Waals surface area contributed by atoms with Crippen LogP contribution in [0.15, 0.2) is 21.9 Å². The minimum absolute atomic E-state index is 0.139. The number of benzene rings is 1. The van der Waals surface area contributed by atoms with Gasteiger partial charge in [0, 0.05) is 29.1 Å². The summed E-state index contributed by atoms with van der Waals surface area (Å²) < 4.78 is 44.1. The first kappa shape index (κ1) is 22.8. The molecular formula is C23H29F3N2OS. The van der Waals surface area contributed by atoms with Gasteiger partial charge in [-0.05, 0) is 35.8 Å². The van der Waals surface area contributed by atoms with Crippen molar-refractivity contribution in [1.82, 2.24) is 4.98 Å². The highest BCUT2D eigenvalue weighted by atomic mass is 32.2. The van der Waals surface area contributed by atoms with Crippen LogP contribution in [0.4, 0.5) is 19.0 Å². The van der Waals surface area contributed by atoms with Crippen molar-refractivity contribution in [2.24, 2.45) is 0 Å². The van der Waals surface area contributed by atoms with Crippen molar-refractivity contribution in [2.45, 2.75) is 75.0 Å². The number of hydrogen-bond donors (Lipinski definition) is 1. The minimum atomic E-state index is -1.30. The summed E-state index contributed by atoms with van der Waals surface area (Å²) in [5.41, 5.74) is 0.573. The molecule has 2 aromatic rings. The van der Waals surface area contributed by atoms with Crippen molar-refractivity contribution < 1.29 is 18.3 Å². The Morgan fingerprint density at radius 3 is 1.87 bits per heavy atom. The molecule has 1 saturated heterocycles. The Bertz CT molecular complexity index is 923. The number of phenols is 1. The third-order valence-corrected chi connectivity index (χ3v) is 6.34. The normalized spacial score (nSPS) is 15.2. The van der Waals surface area contributed by atoms with Crippen molar-refractivity contribution in [3.8, 4) is 5.75 Å². The molecule has 1 N–H and O–H groups in total. The zero-order chi connectivity index (χ0) is 22.4. The van der Waals surface area contributed by atoms with Crippen LogP contribution in [0, 0.1) is 17.6 Å². The van der Waals surface area contributed by atoms with Gasteiger partial charge in [-0.3, -0.25) is 0 Å². The van der Waals surface area contributed by atoms with Gasteiger partial charge >= 0.3 is 0 Å². The molecule has 0 unspecified atom stereocenters. The van der Waals surface area contributed by atoms with Gasteiger partial charge in [0.1, 0.15) is 5.75 Å². The molecule has 0 saturated carbocycles. The second kappa shape index (κ2) is 7.98. The average Bonchev–Trinajstić information content (AvgIpc) is 3.15. The summed E-state index contributed by atoms with van der Waals surface area (Å²) in [4.78, 5) is 5.33. The fourth-order valence-corrected chi connectivity index (χ4v) is 4.58. The topological polar surface area (TPSA) is 36.4 Å². The first-order valence-electron chi connectivity index (χ1n) is 10.2. The second-order valence-electron chi connectivity index (χ2n) is 9.85. The molecule has 0 radical (unpaired) electrons. The van der Waals surface area contributed by atoms with Crippen LogP contribution in [0.1, 0.15) is 65.5 Å². The molecule has 1 aromatic heterocycles. The summed E-state index contributed by atoms with van der Waals surface area (Å²) in [6, 6.07) is 3.45. The molecule has 164 valence electrons. The molecule has 3 rings (SSSR count). The highest BCUT2D eigenvalue weighted by Gasteiger charge is 2.29. The molecule has 3 nitrogen and oxygen atoms in total. The maximum Gasteiger partial charge on any atom is 0.252 e. The van der Waals surface area contributed by atoms with Crippen LogP contribution in [0.3, 0.4) is 0 Å². The van der Waals surface area contributed by atoms with E-state index < -0.39 is 22.5 Å². The highest BCUT2D eigenvalue weighted by molar-refractivity contribution is 7.99. The average molecular weight is 439 g/mol. The largest absolute Gasteiger partial charge is 0.507 e. The number of nitrogens with zero attached hydrogens (tertiary/aromatic N) is 2. The predicted molar refractivity (Wildman–Crippen MR) is 115 cm³/mol. The summed E-state index contributed by atoms with van der Waals surface area (Å²) in [6.07, 6.45) is 1.73. The lowest BCUT2D eigenvalue weighted by molar-refractivity contribution is 0.422. The van der Waals surface area contributed by atoms with Gasteiger partial charge < -0.3 is 10.0 Å². The second-order valence-corrected chi connectivity index (χ2v) is 10.9. The molecule has 1 aliphatic heterocycles. The number of rotatable bonds is 3. The summed E-state index contributed by atoms with van der Waals surface area (Å²) >= 11 is 0.829. The zero-order valence-electron chi connectivity index (χ0n) is 18.4. The number of pyridine rings is 1. The van der Waals surface area contributed by atoms with E-state index in [4.69, 9.17) is 0 Å². The van der Waals surface area contributed by atoms with Crippen LogP contribution in [-0.2, 0) is 10.8 Å². The van der Waals surface area contributed by atoms with E-state index in [0.717, 1.165) is 24.6 Å². The minimum Gasteiger partial charge on any atom is -0.507 e. The van der Waals surface area contributed by atoms with E-state index in [1.807, 2.05) is 41.5 Å². The number of anilines is 1. The van der Waals surface area contributed by atoms with Gasteiger partial charge in [0.05, 0.1) is 4.90 Å². The van der Waals surface area contributed by atoms with Crippen LogP contribution in [-0.4, -0.2) is 23.2 Å². The van der Waals surface area contributed by atoms with Gasteiger partial charge in [-0.25, -0.2) is 8.78 Å². The first-order chi connectivity index (χ1) is 13.8. The molecule has 0 amide bonds. The van der Waals surface area contributed by atoms with Gasteiger partial charge in [-0.15, -0.1) is 0 Å². The molecule has 1 fully saturated rings. The van der Waals surface area contributed by atoms with Gasteiger partial charge in [0.2, 0.25) is 0 Å². The zero-order valence-corrected chi connectivity index (χ0v) is 19.2. The molecule has 0 aliphatic carbocycles. The molecule has 0 atom stereocenters. The van der Waals surface area contributed by atoms with Gasteiger partial charge in [-0.1, -0.05) is 53.3 Å². The standard InChI is InChI=1S/C23H29F3N2OS/c1-22(2,3)14-11-13(12-15(18(14)29)23(4,5)6)30-19-16(24)20(26)27-21(17(19)25)28-9-7-8-10-28/h11-12,29H,7-10H2,1-6H3. The van der Waals surface area contributed by atoms with Crippen LogP contribution in [0.25, 0.3) is 0 Å². The number of halogens is 3. The summed E-state index contributed by atoms with van der Waals surface area (Å²) in [7, 11) is 0. The fourth-order valence-electron chi connectivity index (χ4n) is 3.64. The number of aromatic nitrogens is 1. The van der Waals surface area contributed by atoms with Gasteiger partial charge in [0.25, 0.3) is 5.95 Å². The van der Waals surface area contributed by atoms with E-state index in [2.05, 4.69) is 4.98 Å². The summed E-state index contributed by atoms with van der Waals surface area (Å²) in [5, 5.41) is 10.9. The van der Waals surface area contributed by atoms with Gasteiger partial charge in [-0.2, -0.15) is 9.37 Å². The molecule has 7 heteroatoms. The van der Waals surface area contributed by atoms with Crippen molar-refractivity contribution in [2.75, 3.05) is 18.0 Å². The van der Waals surface area contributed by atoms with Crippen LogP contribution >= 0.6 is 11.8 Å². The Hall–Kier alpha value is -1.89. The Kier molecular flexibility index (Phi) is 6.07. The third-order valence-electron chi connectivity index (χ3n) is 5.31. The van der Waals surface area contributed by atoms with Crippen molar-refractivity contribution in [3.63, 3.8) is 0 Å². The van der Waals surface area contributed by atoms with E-state index in [0.29, 0.717) is 29.1 Å². The SMILES string of the molecule is CC(C)(C)c1cc(Sc2c(F)c(F)nc(N3CCCC3)c2F)cc(C(C)(C)C)c1O. The van der Waals surface area contributed by atoms with E-state index in [1.54, 1.807) is 17.0 Å². The number of aromatic hydroxyl groups is 1. The lowest BCUT2D eigenvalue weighted by Gasteiger charge is -2.28. The van der Waals surface area contributed by atoms with E-state index >= 15 is 4.39 Å². The summed E-state index contributed by atoms with van der Waals surface area (Å²) in [6.45, 7) is 12.9. The predicted octanol–water partition coefficient (Wildman–Crippen LogP) is 6.55. The quantitative estimate of drug-likeness (QED) is 0.551. The molecular weight excluding hydrogens is 409 g/mol. The lowest BCUT2D eigenvalue weighted by atomic mass is 9.79. The van der Waals surface area contributed by atoms with Crippen LogP contribution < -0.4 is 4.90 Å². The maximum absolute atomic E-state index is 15.2. The highest BCUT2D eigenvalue weighted by Crippen LogP contribution is 2.44.